The van der Waals surface area contributed by atoms with Crippen LogP contribution >= 0.6 is 0 Å². The number of hydrogen-bond acceptors (Lipinski definition) is 4. The summed E-state index contributed by atoms with van der Waals surface area (Å²) in [6.45, 7) is 5.15. The molecule has 6 nitrogen and oxygen atoms in total. The molecule has 0 heterocycles. The summed E-state index contributed by atoms with van der Waals surface area (Å²) in [7, 11) is -3.41. The first kappa shape index (κ1) is 18.2. The lowest BCUT2D eigenvalue weighted by Gasteiger charge is -2.23. The number of amides is 1. The van der Waals surface area contributed by atoms with Crippen molar-refractivity contribution in [1.82, 2.24) is 4.90 Å². The van der Waals surface area contributed by atoms with E-state index in [1.54, 1.807) is 0 Å². The molecule has 0 aliphatic heterocycles. The molecule has 1 aromatic carbocycles. The third kappa shape index (κ3) is 4.84. The Morgan fingerprint density at radius 2 is 1.91 bits per heavy atom. The van der Waals surface area contributed by atoms with Gasteiger partial charge in [0.2, 0.25) is 0 Å². The van der Waals surface area contributed by atoms with Crippen LogP contribution in [0.1, 0.15) is 31.1 Å². The van der Waals surface area contributed by atoms with Gasteiger partial charge in [0.15, 0.2) is 9.84 Å². The number of rotatable bonds is 7. The Morgan fingerprint density at radius 3 is 2.41 bits per heavy atom. The quantitative estimate of drug-likeness (QED) is 0.822. The molecule has 1 aromatic rings. The molecule has 0 saturated carbocycles. The minimum Gasteiger partial charge on any atom is -0.480 e. The molecule has 22 heavy (non-hydrogen) atoms. The third-order valence-electron chi connectivity index (χ3n) is 3.02. The molecule has 0 saturated heterocycles. The lowest BCUT2D eigenvalue weighted by atomic mass is 10.1. The summed E-state index contributed by atoms with van der Waals surface area (Å²) in [6.07, 6.45) is 0. The fourth-order valence-electron chi connectivity index (χ4n) is 2.00. The Morgan fingerprint density at radius 1 is 1.27 bits per heavy atom. The summed E-state index contributed by atoms with van der Waals surface area (Å²) >= 11 is 0. The van der Waals surface area contributed by atoms with E-state index in [4.69, 9.17) is 5.11 Å². The molecule has 0 unspecified atom stereocenters. The smallest absolute Gasteiger partial charge is 0.323 e. The van der Waals surface area contributed by atoms with E-state index in [-0.39, 0.29) is 28.7 Å². The average Bonchev–Trinajstić information content (AvgIpc) is 2.45. The molecule has 0 radical (unpaired) electrons. The molecule has 0 aromatic heterocycles. The molecule has 122 valence electrons. The predicted molar refractivity (Wildman–Crippen MR) is 82.5 cm³/mol. The molecule has 7 heteroatoms. The van der Waals surface area contributed by atoms with E-state index in [9.17, 15) is 18.0 Å². The highest BCUT2D eigenvalue weighted by molar-refractivity contribution is 7.91. The molecule has 0 atom stereocenters. The zero-order chi connectivity index (χ0) is 16.9. The summed E-state index contributed by atoms with van der Waals surface area (Å²) in [6, 6.07) is 5.71. The third-order valence-corrected chi connectivity index (χ3v) is 4.75. The first-order valence-electron chi connectivity index (χ1n) is 7.01. The molecule has 1 rings (SSSR count). The molecule has 0 aliphatic rings. The summed E-state index contributed by atoms with van der Waals surface area (Å²) in [5.41, 5.74) is 0.177. The number of aliphatic carboxylic acids is 1. The molecule has 0 aliphatic carbocycles. The maximum absolute atomic E-state index is 12.5. The van der Waals surface area contributed by atoms with Gasteiger partial charge in [-0.1, -0.05) is 26.8 Å². The van der Waals surface area contributed by atoms with Gasteiger partial charge in [-0.05, 0) is 24.1 Å². The van der Waals surface area contributed by atoms with Crippen LogP contribution in [0, 0.1) is 5.92 Å². The van der Waals surface area contributed by atoms with Gasteiger partial charge < -0.3 is 10.0 Å². The largest absolute Gasteiger partial charge is 0.480 e. The SMILES string of the molecule is CCS(=O)(=O)c1cccc(C(=O)N(CC(=O)O)CC(C)C)c1. The first-order chi connectivity index (χ1) is 10.2. The Balaban J connectivity index is 3.14. The van der Waals surface area contributed by atoms with Gasteiger partial charge in [0.1, 0.15) is 6.54 Å². The molecule has 1 amide bonds. The monoisotopic (exact) mass is 327 g/mol. The van der Waals surface area contributed by atoms with E-state index in [1.165, 1.54) is 36.1 Å². The van der Waals surface area contributed by atoms with Crippen molar-refractivity contribution in [2.45, 2.75) is 25.7 Å². The summed E-state index contributed by atoms with van der Waals surface area (Å²) in [5, 5.41) is 8.92. The Kier molecular flexibility index (Phi) is 6.11. The Labute approximate surface area is 130 Å². The average molecular weight is 327 g/mol. The highest BCUT2D eigenvalue weighted by atomic mass is 32.2. The van der Waals surface area contributed by atoms with Crippen molar-refractivity contribution in [2.24, 2.45) is 5.92 Å². The van der Waals surface area contributed by atoms with Crippen LogP contribution in [0.25, 0.3) is 0 Å². The number of carbonyl (C=O) groups excluding carboxylic acids is 1. The van der Waals surface area contributed by atoms with E-state index in [2.05, 4.69) is 0 Å². The number of carboxylic acid groups (broad SMARTS) is 1. The topological polar surface area (TPSA) is 91.8 Å². The first-order valence-corrected chi connectivity index (χ1v) is 8.66. The Bertz CT molecular complexity index is 652. The second-order valence-corrected chi connectivity index (χ2v) is 7.68. The van der Waals surface area contributed by atoms with Crippen LogP contribution in [0.4, 0.5) is 0 Å². The van der Waals surface area contributed by atoms with Crippen LogP contribution in [-0.4, -0.2) is 49.1 Å². The second-order valence-electron chi connectivity index (χ2n) is 5.40. The number of carbonyl (C=O) groups is 2. The van der Waals surface area contributed by atoms with Crippen molar-refractivity contribution in [3.05, 3.63) is 29.8 Å². The molecule has 0 bridgehead atoms. The summed E-state index contributed by atoms with van der Waals surface area (Å²) in [5.74, 6) is -1.54. The van der Waals surface area contributed by atoms with Crippen molar-refractivity contribution >= 4 is 21.7 Å². The minimum atomic E-state index is -3.41. The van der Waals surface area contributed by atoms with Gasteiger partial charge in [0, 0.05) is 12.1 Å². The zero-order valence-corrected chi connectivity index (χ0v) is 13.8. The lowest BCUT2D eigenvalue weighted by Crippen LogP contribution is -2.38. The molecular formula is C15H21NO5S. The standard InChI is InChI=1S/C15H21NO5S/c1-4-22(20,21)13-7-5-6-12(8-13)15(19)16(9-11(2)3)10-14(17)18/h5-8,11H,4,9-10H2,1-3H3,(H,17,18). The van der Waals surface area contributed by atoms with Crippen LogP contribution in [0.15, 0.2) is 29.2 Å². The molecular weight excluding hydrogens is 306 g/mol. The van der Waals surface area contributed by atoms with Gasteiger partial charge in [-0.2, -0.15) is 0 Å². The molecule has 1 N–H and O–H groups in total. The normalized spacial score (nSPS) is 11.5. The maximum atomic E-state index is 12.5. The highest BCUT2D eigenvalue weighted by Crippen LogP contribution is 2.15. The van der Waals surface area contributed by atoms with Gasteiger partial charge in [-0.15, -0.1) is 0 Å². The number of sulfone groups is 1. The van der Waals surface area contributed by atoms with Gasteiger partial charge in [0.05, 0.1) is 10.6 Å². The fraction of sp³-hybridized carbons (Fsp3) is 0.467. The van der Waals surface area contributed by atoms with Crippen LogP contribution in [-0.2, 0) is 14.6 Å². The van der Waals surface area contributed by atoms with Crippen LogP contribution in [0.3, 0.4) is 0 Å². The van der Waals surface area contributed by atoms with E-state index in [0.717, 1.165) is 0 Å². The highest BCUT2D eigenvalue weighted by Gasteiger charge is 2.21. The van der Waals surface area contributed by atoms with Gasteiger partial charge in [-0.25, -0.2) is 8.42 Å². The van der Waals surface area contributed by atoms with Crippen LogP contribution in [0.5, 0.6) is 0 Å². The lowest BCUT2D eigenvalue weighted by molar-refractivity contribution is -0.137. The van der Waals surface area contributed by atoms with E-state index < -0.39 is 28.3 Å². The number of benzene rings is 1. The van der Waals surface area contributed by atoms with E-state index >= 15 is 0 Å². The predicted octanol–water partition coefficient (Wildman–Crippen LogP) is 1.66. The van der Waals surface area contributed by atoms with Gasteiger partial charge in [-0.3, -0.25) is 9.59 Å². The van der Waals surface area contributed by atoms with Crippen molar-refractivity contribution in [3.8, 4) is 0 Å². The van der Waals surface area contributed by atoms with Crippen molar-refractivity contribution in [1.29, 1.82) is 0 Å². The van der Waals surface area contributed by atoms with Crippen molar-refractivity contribution in [2.75, 3.05) is 18.8 Å². The number of carboxylic acids is 1. The fourth-order valence-corrected chi connectivity index (χ4v) is 2.92. The Hall–Kier alpha value is -1.89. The van der Waals surface area contributed by atoms with Gasteiger partial charge in [0.25, 0.3) is 5.91 Å². The molecule has 0 spiro atoms. The maximum Gasteiger partial charge on any atom is 0.323 e. The van der Waals surface area contributed by atoms with Crippen LogP contribution < -0.4 is 0 Å². The van der Waals surface area contributed by atoms with E-state index in [0.29, 0.717) is 0 Å². The van der Waals surface area contributed by atoms with Gasteiger partial charge >= 0.3 is 5.97 Å². The number of nitrogens with zero attached hydrogens (tertiary/aromatic N) is 1. The second kappa shape index (κ2) is 7.40. The minimum absolute atomic E-state index is 0.0600. The summed E-state index contributed by atoms with van der Waals surface area (Å²) in [4.78, 5) is 24.6. The van der Waals surface area contributed by atoms with Crippen LogP contribution in [0.2, 0.25) is 0 Å². The number of hydrogen-bond donors (Lipinski definition) is 1. The van der Waals surface area contributed by atoms with E-state index in [1.807, 2.05) is 13.8 Å². The van der Waals surface area contributed by atoms with Crippen molar-refractivity contribution < 1.29 is 23.1 Å². The van der Waals surface area contributed by atoms with Crippen molar-refractivity contribution in [3.63, 3.8) is 0 Å². The molecule has 0 fully saturated rings. The summed E-state index contributed by atoms with van der Waals surface area (Å²) < 4.78 is 23.8. The zero-order valence-electron chi connectivity index (χ0n) is 12.9.